The van der Waals surface area contributed by atoms with Gasteiger partial charge < -0.3 is 25.8 Å². The van der Waals surface area contributed by atoms with Gasteiger partial charge in [0.05, 0.1) is 11.3 Å². The Bertz CT molecular complexity index is 1380. The van der Waals surface area contributed by atoms with Crippen LogP contribution in [0.1, 0.15) is 42.1 Å². The summed E-state index contributed by atoms with van der Waals surface area (Å²) in [6, 6.07) is 10.8. The number of likely N-dealkylation sites (tertiary alicyclic amines) is 1. The second kappa shape index (κ2) is 13.5. The van der Waals surface area contributed by atoms with Crippen LogP contribution in [0.5, 0.6) is 0 Å². The van der Waals surface area contributed by atoms with E-state index in [4.69, 9.17) is 9.84 Å². The molecule has 3 aromatic rings. The summed E-state index contributed by atoms with van der Waals surface area (Å²) >= 11 is 0. The number of anilines is 4. The third kappa shape index (κ3) is 8.35. The van der Waals surface area contributed by atoms with Crippen LogP contribution in [0.3, 0.4) is 0 Å². The summed E-state index contributed by atoms with van der Waals surface area (Å²) in [7, 11) is 0. The fraction of sp³-hybridized carbons (Fsp3) is 0.286. The van der Waals surface area contributed by atoms with Gasteiger partial charge in [0.2, 0.25) is 0 Å². The summed E-state index contributed by atoms with van der Waals surface area (Å²) in [6.45, 7) is 3.32. The van der Waals surface area contributed by atoms with Gasteiger partial charge in [-0.2, -0.15) is 0 Å². The van der Waals surface area contributed by atoms with Crippen LogP contribution >= 0.6 is 0 Å². The Labute approximate surface area is 234 Å². The van der Waals surface area contributed by atoms with E-state index in [-0.39, 0.29) is 22.8 Å². The van der Waals surface area contributed by atoms with Gasteiger partial charge in [0.25, 0.3) is 5.91 Å². The van der Waals surface area contributed by atoms with Gasteiger partial charge >= 0.3 is 12.2 Å². The zero-order chi connectivity index (χ0) is 29.4. The van der Waals surface area contributed by atoms with Crippen molar-refractivity contribution in [3.05, 3.63) is 77.5 Å². The fourth-order valence-corrected chi connectivity index (χ4v) is 4.43. The van der Waals surface area contributed by atoms with Crippen molar-refractivity contribution >= 4 is 41.0 Å². The third-order valence-corrected chi connectivity index (χ3v) is 6.26. The van der Waals surface area contributed by atoms with Gasteiger partial charge in [-0.05, 0) is 56.0 Å². The number of nitrogens with one attached hydrogen (secondary N) is 4. The van der Waals surface area contributed by atoms with Gasteiger partial charge in [-0.15, -0.1) is 0 Å². The molecule has 2 heterocycles. The number of ether oxygens (including phenoxy) is 1. The van der Waals surface area contributed by atoms with Gasteiger partial charge in [0.1, 0.15) is 17.5 Å². The molecule has 1 atom stereocenters. The molecule has 0 spiro atoms. The minimum absolute atomic E-state index is 0.0546. The minimum atomic E-state index is -1.31. The van der Waals surface area contributed by atoms with Crippen LogP contribution in [0.2, 0.25) is 0 Å². The second-order valence-electron chi connectivity index (χ2n) is 9.34. The lowest BCUT2D eigenvalue weighted by molar-refractivity contribution is -0.0591. The lowest BCUT2D eigenvalue weighted by atomic mass is 10.1. The van der Waals surface area contributed by atoms with Crippen LogP contribution in [-0.2, 0) is 11.3 Å². The van der Waals surface area contributed by atoms with Crippen LogP contribution in [0, 0.1) is 11.6 Å². The van der Waals surface area contributed by atoms with Gasteiger partial charge in [-0.1, -0.05) is 12.1 Å². The summed E-state index contributed by atoms with van der Waals surface area (Å²) in [6.07, 6.45) is 1.89. The van der Waals surface area contributed by atoms with E-state index in [1.807, 2.05) is 17.0 Å². The molecule has 13 heteroatoms. The minimum Gasteiger partial charge on any atom is -0.450 e. The number of hydrogen-bond donors (Lipinski definition) is 5. The number of amides is 3. The largest absolute Gasteiger partial charge is 0.507 e. The SMILES string of the molecule is CCNC(=O)Nc1cc(Nc2cc(F)cc(F)c2)c(C(=O)Nc2ccc(CN3CCCCC3OC(=O)O)cc2)cn1. The van der Waals surface area contributed by atoms with E-state index in [9.17, 15) is 23.2 Å². The van der Waals surface area contributed by atoms with E-state index in [1.54, 1.807) is 19.1 Å². The molecule has 3 amide bonds. The Kier molecular flexibility index (Phi) is 9.64. The number of aromatic nitrogens is 1. The first-order valence-electron chi connectivity index (χ1n) is 13.0. The van der Waals surface area contributed by atoms with Gasteiger partial charge in [0, 0.05) is 49.3 Å². The molecule has 41 heavy (non-hydrogen) atoms. The van der Waals surface area contributed by atoms with Crippen LogP contribution in [0.15, 0.2) is 54.7 Å². The maximum Gasteiger partial charge on any atom is 0.507 e. The highest BCUT2D eigenvalue weighted by molar-refractivity contribution is 6.08. The molecule has 2 aromatic carbocycles. The first-order valence-corrected chi connectivity index (χ1v) is 13.0. The van der Waals surface area contributed by atoms with Gasteiger partial charge in [-0.3, -0.25) is 15.0 Å². The van der Waals surface area contributed by atoms with Crippen molar-refractivity contribution in [2.24, 2.45) is 0 Å². The Hall–Kier alpha value is -4.78. The summed E-state index contributed by atoms with van der Waals surface area (Å²) < 4.78 is 32.6. The summed E-state index contributed by atoms with van der Waals surface area (Å²) in [5.41, 5.74) is 1.64. The van der Waals surface area contributed by atoms with Crippen molar-refractivity contribution in [3.63, 3.8) is 0 Å². The number of halogens is 2. The Morgan fingerprint density at radius 3 is 2.44 bits per heavy atom. The highest BCUT2D eigenvalue weighted by Gasteiger charge is 2.25. The number of rotatable bonds is 9. The van der Waals surface area contributed by atoms with Crippen molar-refractivity contribution in [2.45, 2.75) is 39.0 Å². The number of nitrogens with zero attached hydrogens (tertiary/aromatic N) is 2. The molecule has 1 saturated heterocycles. The van der Waals surface area contributed by atoms with E-state index < -0.39 is 36.0 Å². The molecule has 0 aliphatic carbocycles. The number of urea groups is 1. The number of pyridine rings is 1. The number of carbonyl (C=O) groups is 3. The van der Waals surface area contributed by atoms with Crippen molar-refractivity contribution in [3.8, 4) is 0 Å². The molecule has 1 aliphatic heterocycles. The molecule has 4 rings (SSSR count). The van der Waals surface area contributed by atoms with E-state index in [0.29, 0.717) is 31.7 Å². The van der Waals surface area contributed by atoms with Crippen molar-refractivity contribution in [2.75, 3.05) is 29.0 Å². The molecule has 0 bridgehead atoms. The average molecular weight is 569 g/mol. The zero-order valence-electron chi connectivity index (χ0n) is 22.2. The maximum absolute atomic E-state index is 13.8. The molecule has 1 aromatic heterocycles. The smallest absolute Gasteiger partial charge is 0.450 e. The van der Waals surface area contributed by atoms with Gasteiger partial charge in [0.15, 0.2) is 6.23 Å². The molecule has 0 saturated carbocycles. The quantitative estimate of drug-likeness (QED) is 0.213. The second-order valence-corrected chi connectivity index (χ2v) is 9.34. The Balaban J connectivity index is 1.50. The van der Waals surface area contributed by atoms with Crippen LogP contribution in [0.4, 0.5) is 41.2 Å². The van der Waals surface area contributed by atoms with Crippen molar-refractivity contribution in [1.29, 1.82) is 0 Å². The third-order valence-electron chi connectivity index (χ3n) is 6.26. The van der Waals surface area contributed by atoms with E-state index in [2.05, 4.69) is 26.3 Å². The van der Waals surface area contributed by atoms with E-state index >= 15 is 0 Å². The predicted octanol–water partition coefficient (Wildman–Crippen LogP) is 5.50. The average Bonchev–Trinajstić information content (AvgIpc) is 2.90. The van der Waals surface area contributed by atoms with Crippen LogP contribution in [-0.4, -0.2) is 52.4 Å². The summed E-state index contributed by atoms with van der Waals surface area (Å²) in [4.78, 5) is 42.3. The standard InChI is InChI=1S/C28H30F2N6O5/c1-2-31-27(38)35-24-14-23(33-21-12-18(29)11-19(30)13-21)22(15-32-24)26(37)34-20-8-6-17(7-9-20)16-36-10-4-3-5-25(36)41-28(39)40/h6-9,11-15,25H,2-5,10,16H2,1H3,(H,34,37)(H,39,40)(H3,31,32,33,35,38). The highest BCUT2D eigenvalue weighted by Crippen LogP contribution is 2.26. The Morgan fingerprint density at radius 1 is 1.02 bits per heavy atom. The molecule has 1 fully saturated rings. The van der Waals surface area contributed by atoms with Crippen molar-refractivity contribution in [1.82, 2.24) is 15.2 Å². The number of carbonyl (C=O) groups excluding carboxylic acids is 2. The molecule has 0 radical (unpaired) electrons. The normalized spacial score (nSPS) is 15.0. The maximum atomic E-state index is 13.8. The molecular weight excluding hydrogens is 538 g/mol. The van der Waals surface area contributed by atoms with E-state index in [1.165, 1.54) is 12.3 Å². The van der Waals surface area contributed by atoms with E-state index in [0.717, 1.165) is 36.6 Å². The fourth-order valence-electron chi connectivity index (χ4n) is 4.43. The lowest BCUT2D eigenvalue weighted by Gasteiger charge is -2.34. The number of piperidine rings is 1. The van der Waals surface area contributed by atoms with Crippen LogP contribution in [0.25, 0.3) is 0 Å². The molecule has 11 nitrogen and oxygen atoms in total. The lowest BCUT2D eigenvalue weighted by Crippen LogP contribution is -2.41. The molecule has 1 unspecified atom stereocenters. The first kappa shape index (κ1) is 29.2. The molecule has 1 aliphatic rings. The molecular formula is C28H30F2N6O5. The summed E-state index contributed by atoms with van der Waals surface area (Å²) in [5.74, 6) is -2.06. The van der Waals surface area contributed by atoms with Gasteiger partial charge in [-0.25, -0.2) is 23.4 Å². The number of hydrogen-bond acceptors (Lipinski definition) is 7. The van der Waals surface area contributed by atoms with Crippen LogP contribution < -0.4 is 21.3 Å². The number of benzene rings is 2. The highest BCUT2D eigenvalue weighted by atomic mass is 19.1. The summed E-state index contributed by atoms with van der Waals surface area (Å²) in [5, 5.41) is 19.7. The first-order chi connectivity index (χ1) is 19.7. The monoisotopic (exact) mass is 568 g/mol. The topological polar surface area (TPSA) is 145 Å². The Morgan fingerprint density at radius 2 is 1.76 bits per heavy atom. The predicted molar refractivity (Wildman–Crippen MR) is 148 cm³/mol. The van der Waals surface area contributed by atoms with Crippen molar-refractivity contribution < 1.29 is 33.0 Å². The zero-order valence-corrected chi connectivity index (χ0v) is 22.2. The molecule has 216 valence electrons. The molecule has 5 N–H and O–H groups in total. The number of carboxylic acid groups (broad SMARTS) is 1.